The maximum absolute atomic E-state index is 12.7. The van der Waals surface area contributed by atoms with Crippen LogP contribution in [0.4, 0.5) is 13.2 Å². The van der Waals surface area contributed by atoms with Crippen LogP contribution in [-0.2, 0) is 16.1 Å². The number of alkyl halides is 3. The minimum Gasteiger partial charge on any atom is -0.365 e. The molecule has 23 heavy (non-hydrogen) atoms. The predicted octanol–water partition coefficient (Wildman–Crippen LogP) is 0.341. The lowest BCUT2D eigenvalue weighted by atomic mass is 10.2. The Morgan fingerprint density at radius 2 is 2.17 bits per heavy atom. The summed E-state index contributed by atoms with van der Waals surface area (Å²) in [6, 6.07) is 1.45. The molecule has 1 saturated heterocycles. The molecule has 0 saturated carbocycles. The minimum atomic E-state index is -4.52. The van der Waals surface area contributed by atoms with Gasteiger partial charge in [-0.05, 0) is 13.0 Å². The van der Waals surface area contributed by atoms with Gasteiger partial charge in [-0.2, -0.15) is 18.3 Å². The van der Waals surface area contributed by atoms with Crippen molar-refractivity contribution in [2.75, 3.05) is 26.7 Å². The Morgan fingerprint density at radius 1 is 1.48 bits per heavy atom. The predicted molar refractivity (Wildman–Crippen MR) is 72.7 cm³/mol. The quantitative estimate of drug-likeness (QED) is 0.865. The second kappa shape index (κ2) is 6.57. The average Bonchev–Trinajstić information content (AvgIpc) is 2.86. The van der Waals surface area contributed by atoms with E-state index in [-0.39, 0.29) is 31.3 Å². The molecule has 0 radical (unpaired) electrons. The van der Waals surface area contributed by atoms with E-state index in [1.807, 2.05) is 0 Å². The van der Waals surface area contributed by atoms with E-state index in [9.17, 15) is 22.8 Å². The first-order chi connectivity index (χ1) is 10.7. The molecule has 0 aliphatic carbocycles. The van der Waals surface area contributed by atoms with E-state index in [1.165, 1.54) is 17.8 Å². The molecule has 1 unspecified atom stereocenters. The summed E-state index contributed by atoms with van der Waals surface area (Å²) in [5.41, 5.74) is 0.576. The molecule has 2 amide bonds. The van der Waals surface area contributed by atoms with E-state index < -0.39 is 24.7 Å². The Hall–Kier alpha value is -2.10. The first kappa shape index (κ1) is 17.3. The first-order valence-electron chi connectivity index (χ1n) is 6.95. The third-order valence-corrected chi connectivity index (χ3v) is 3.49. The number of rotatable bonds is 3. The van der Waals surface area contributed by atoms with Gasteiger partial charge in [0.15, 0.2) is 11.8 Å². The lowest BCUT2D eigenvalue weighted by Crippen LogP contribution is -2.51. The van der Waals surface area contributed by atoms with Gasteiger partial charge >= 0.3 is 6.18 Å². The van der Waals surface area contributed by atoms with Crippen molar-refractivity contribution in [1.29, 1.82) is 0 Å². The van der Waals surface area contributed by atoms with Gasteiger partial charge in [0.25, 0.3) is 5.91 Å². The van der Waals surface area contributed by atoms with Gasteiger partial charge in [-0.1, -0.05) is 0 Å². The van der Waals surface area contributed by atoms with Gasteiger partial charge in [0.1, 0.15) is 6.54 Å². The SMILES string of the molecule is CNC(=O)Cn1nc(C(=O)N2CCOC(C(F)(F)F)C2)cc1C. The van der Waals surface area contributed by atoms with Crippen molar-refractivity contribution in [3.8, 4) is 0 Å². The third-order valence-electron chi connectivity index (χ3n) is 3.49. The summed E-state index contributed by atoms with van der Waals surface area (Å²) >= 11 is 0. The molecule has 1 aromatic heterocycles. The van der Waals surface area contributed by atoms with Crippen molar-refractivity contribution in [3.05, 3.63) is 17.5 Å². The number of carbonyl (C=O) groups excluding carboxylic acids is 2. The van der Waals surface area contributed by atoms with Crippen molar-refractivity contribution in [3.63, 3.8) is 0 Å². The molecule has 0 spiro atoms. The molecule has 1 atom stereocenters. The van der Waals surface area contributed by atoms with E-state index in [4.69, 9.17) is 0 Å². The van der Waals surface area contributed by atoms with Crippen molar-refractivity contribution in [2.45, 2.75) is 25.7 Å². The average molecular weight is 334 g/mol. The molecule has 1 aliphatic heterocycles. The van der Waals surface area contributed by atoms with Crippen LogP contribution in [0.2, 0.25) is 0 Å². The summed E-state index contributed by atoms with van der Waals surface area (Å²) in [5, 5.41) is 6.43. The number of halogens is 3. The minimum absolute atomic E-state index is 0.00854. The summed E-state index contributed by atoms with van der Waals surface area (Å²) in [7, 11) is 1.47. The molecule has 7 nitrogen and oxygen atoms in total. The fourth-order valence-electron chi connectivity index (χ4n) is 2.18. The van der Waals surface area contributed by atoms with Crippen LogP contribution in [0.25, 0.3) is 0 Å². The number of nitrogens with one attached hydrogen (secondary N) is 1. The van der Waals surface area contributed by atoms with Gasteiger partial charge < -0.3 is 15.0 Å². The fraction of sp³-hybridized carbons (Fsp3) is 0.615. The molecule has 0 bridgehead atoms. The highest BCUT2D eigenvalue weighted by molar-refractivity contribution is 5.92. The molecular formula is C13H17F3N4O3. The van der Waals surface area contributed by atoms with E-state index in [1.54, 1.807) is 6.92 Å². The van der Waals surface area contributed by atoms with Crippen LogP contribution in [0.3, 0.4) is 0 Å². The molecule has 2 rings (SSSR count). The van der Waals surface area contributed by atoms with E-state index in [2.05, 4.69) is 15.2 Å². The summed E-state index contributed by atoms with van der Waals surface area (Å²) in [5.74, 6) is -0.903. The van der Waals surface area contributed by atoms with Crippen LogP contribution in [0, 0.1) is 6.92 Å². The molecule has 128 valence electrons. The van der Waals surface area contributed by atoms with Crippen molar-refractivity contribution >= 4 is 11.8 Å². The third kappa shape index (κ3) is 4.01. The van der Waals surface area contributed by atoms with E-state index in [0.29, 0.717) is 5.69 Å². The Morgan fingerprint density at radius 3 is 2.78 bits per heavy atom. The highest BCUT2D eigenvalue weighted by atomic mass is 19.4. The van der Waals surface area contributed by atoms with Crippen molar-refractivity contribution in [1.82, 2.24) is 20.0 Å². The van der Waals surface area contributed by atoms with E-state index >= 15 is 0 Å². The zero-order valence-corrected chi connectivity index (χ0v) is 12.7. The number of hydrogen-bond acceptors (Lipinski definition) is 4. The second-order valence-electron chi connectivity index (χ2n) is 5.15. The smallest absolute Gasteiger partial charge is 0.365 e. The van der Waals surface area contributed by atoms with Gasteiger partial charge in [-0.25, -0.2) is 0 Å². The zero-order valence-electron chi connectivity index (χ0n) is 12.7. The van der Waals surface area contributed by atoms with Crippen LogP contribution in [0.5, 0.6) is 0 Å². The Balaban J connectivity index is 2.11. The van der Waals surface area contributed by atoms with Crippen LogP contribution in [0.1, 0.15) is 16.2 Å². The van der Waals surface area contributed by atoms with Gasteiger partial charge in [-0.3, -0.25) is 14.3 Å². The largest absolute Gasteiger partial charge is 0.416 e. The maximum Gasteiger partial charge on any atom is 0.416 e. The summed E-state index contributed by atoms with van der Waals surface area (Å²) in [6.07, 6.45) is -6.51. The zero-order chi connectivity index (χ0) is 17.2. The number of nitrogens with zero attached hydrogens (tertiary/aromatic N) is 3. The van der Waals surface area contributed by atoms with E-state index in [0.717, 1.165) is 4.90 Å². The number of ether oxygens (including phenoxy) is 1. The van der Waals surface area contributed by atoms with Gasteiger partial charge in [0.2, 0.25) is 5.91 Å². The summed E-state index contributed by atoms with van der Waals surface area (Å²) < 4.78 is 44.1. The molecular weight excluding hydrogens is 317 g/mol. The highest BCUT2D eigenvalue weighted by Gasteiger charge is 2.44. The maximum atomic E-state index is 12.7. The Labute approximate surface area is 130 Å². The van der Waals surface area contributed by atoms with Crippen LogP contribution >= 0.6 is 0 Å². The Kier molecular flexibility index (Phi) is 4.93. The number of carbonyl (C=O) groups is 2. The van der Waals surface area contributed by atoms with Gasteiger partial charge in [0.05, 0.1) is 13.2 Å². The molecule has 1 N–H and O–H groups in total. The standard InChI is InChI=1S/C13H17F3N4O3/c1-8-5-9(18-20(8)7-11(21)17-2)12(22)19-3-4-23-10(6-19)13(14,15)16/h5,10H,3-4,6-7H2,1-2H3,(H,17,21). The van der Waals surface area contributed by atoms with Crippen molar-refractivity contribution in [2.24, 2.45) is 0 Å². The lowest BCUT2D eigenvalue weighted by molar-refractivity contribution is -0.233. The molecule has 0 aromatic carbocycles. The number of aromatic nitrogens is 2. The van der Waals surface area contributed by atoms with Gasteiger partial charge in [-0.15, -0.1) is 0 Å². The lowest BCUT2D eigenvalue weighted by Gasteiger charge is -2.33. The molecule has 10 heteroatoms. The fourth-order valence-corrected chi connectivity index (χ4v) is 2.18. The Bertz CT molecular complexity index is 600. The first-order valence-corrected chi connectivity index (χ1v) is 6.95. The number of morpholine rings is 1. The monoisotopic (exact) mass is 334 g/mol. The van der Waals surface area contributed by atoms with Crippen molar-refractivity contribution < 1.29 is 27.5 Å². The van der Waals surface area contributed by atoms with Crippen LogP contribution < -0.4 is 5.32 Å². The topological polar surface area (TPSA) is 76.5 Å². The number of amides is 2. The number of aryl methyl sites for hydroxylation is 1. The highest BCUT2D eigenvalue weighted by Crippen LogP contribution is 2.26. The normalized spacial score (nSPS) is 18.8. The molecule has 1 aliphatic rings. The molecule has 1 fully saturated rings. The van der Waals surface area contributed by atoms with Crippen LogP contribution in [0.15, 0.2) is 6.07 Å². The van der Waals surface area contributed by atoms with Crippen LogP contribution in [-0.4, -0.2) is 65.5 Å². The summed E-state index contributed by atoms with van der Waals surface area (Å²) in [4.78, 5) is 24.7. The molecule has 2 heterocycles. The second-order valence-corrected chi connectivity index (χ2v) is 5.15. The summed E-state index contributed by atoms with van der Waals surface area (Å²) in [6.45, 7) is 0.902. The van der Waals surface area contributed by atoms with Gasteiger partial charge in [0, 0.05) is 19.3 Å². The number of likely N-dealkylation sites (N-methyl/N-ethyl adjacent to an activating group) is 1. The molecule has 1 aromatic rings. The number of hydrogen-bond donors (Lipinski definition) is 1.